The molecule has 1 aromatic carbocycles. The van der Waals surface area contributed by atoms with Crippen LogP contribution in [-0.2, 0) is 0 Å². The van der Waals surface area contributed by atoms with Crippen molar-refractivity contribution in [2.45, 2.75) is 25.7 Å². The van der Waals surface area contributed by atoms with Crippen LogP contribution in [0.25, 0.3) is 0 Å². The molecular formula is C17H18ClN3O. The molecule has 0 unspecified atom stereocenters. The van der Waals surface area contributed by atoms with Crippen molar-refractivity contribution >= 4 is 17.5 Å². The number of hydrogen-bond acceptors (Lipinski definition) is 3. The minimum atomic E-state index is -0.0626. The van der Waals surface area contributed by atoms with Gasteiger partial charge in [0, 0.05) is 13.1 Å². The summed E-state index contributed by atoms with van der Waals surface area (Å²) in [5, 5.41) is 7.91. The number of hydrogen-bond donors (Lipinski definition) is 0. The highest BCUT2D eigenvalue weighted by molar-refractivity contribution is 6.29. The summed E-state index contributed by atoms with van der Waals surface area (Å²) in [4.78, 5) is 14.3. The number of nitrogens with zero attached hydrogens (tertiary/aromatic N) is 3. The lowest BCUT2D eigenvalue weighted by molar-refractivity contribution is 0.0705. The number of likely N-dealkylation sites (tertiary alicyclic amines) is 1. The molecule has 2 heterocycles. The molecule has 5 heteroatoms. The minimum Gasteiger partial charge on any atom is -0.337 e. The van der Waals surface area contributed by atoms with Gasteiger partial charge in [0.25, 0.3) is 5.91 Å². The van der Waals surface area contributed by atoms with Crippen LogP contribution in [0, 0.1) is 6.92 Å². The van der Waals surface area contributed by atoms with Crippen LogP contribution >= 0.6 is 11.6 Å². The zero-order valence-electron chi connectivity index (χ0n) is 12.5. The lowest BCUT2D eigenvalue weighted by Gasteiger charge is -2.32. The first-order chi connectivity index (χ1) is 10.6. The maximum Gasteiger partial charge on any atom is 0.274 e. The molecule has 114 valence electrons. The van der Waals surface area contributed by atoms with Gasteiger partial charge in [0.2, 0.25) is 0 Å². The summed E-state index contributed by atoms with van der Waals surface area (Å²) in [6.45, 7) is 3.65. The highest BCUT2D eigenvalue weighted by Crippen LogP contribution is 2.30. The van der Waals surface area contributed by atoms with Gasteiger partial charge in [0.1, 0.15) is 0 Å². The summed E-state index contributed by atoms with van der Waals surface area (Å²) in [7, 11) is 0. The second-order valence-corrected chi connectivity index (χ2v) is 6.05. The number of aromatic nitrogens is 2. The Labute approximate surface area is 135 Å². The van der Waals surface area contributed by atoms with Gasteiger partial charge in [-0.1, -0.05) is 35.9 Å². The molecule has 1 fully saturated rings. The van der Waals surface area contributed by atoms with Gasteiger partial charge in [-0.3, -0.25) is 4.79 Å². The fraction of sp³-hybridized carbons (Fsp3) is 0.353. The second-order valence-electron chi connectivity index (χ2n) is 5.66. The van der Waals surface area contributed by atoms with E-state index in [9.17, 15) is 4.79 Å². The van der Waals surface area contributed by atoms with Gasteiger partial charge in [-0.2, -0.15) is 0 Å². The molecule has 1 aromatic heterocycles. The molecule has 0 radical (unpaired) electrons. The van der Waals surface area contributed by atoms with E-state index in [2.05, 4.69) is 41.4 Å². The monoisotopic (exact) mass is 315 g/mol. The highest BCUT2D eigenvalue weighted by Gasteiger charge is 2.25. The quantitative estimate of drug-likeness (QED) is 0.852. The Bertz CT molecular complexity index is 664. The van der Waals surface area contributed by atoms with Crippen LogP contribution in [0.1, 0.15) is 40.4 Å². The number of piperidine rings is 1. The van der Waals surface area contributed by atoms with Gasteiger partial charge in [-0.05, 0) is 48.9 Å². The summed E-state index contributed by atoms with van der Waals surface area (Å²) in [5.41, 5.74) is 3.09. The Kier molecular flexibility index (Phi) is 4.39. The van der Waals surface area contributed by atoms with Gasteiger partial charge >= 0.3 is 0 Å². The molecule has 1 saturated heterocycles. The van der Waals surface area contributed by atoms with Crippen LogP contribution in [0.3, 0.4) is 0 Å². The van der Waals surface area contributed by atoms with Crippen molar-refractivity contribution in [1.82, 2.24) is 15.1 Å². The lowest BCUT2D eigenvalue weighted by atomic mass is 9.87. The standard InChI is InChI=1S/C17H18ClN3O/c1-12-4-2-3-5-14(12)13-8-10-21(11-9-13)17(22)15-6-7-16(18)20-19-15/h2-7,13H,8-11H2,1H3. The minimum absolute atomic E-state index is 0.0626. The molecule has 2 aromatic rings. The molecule has 1 aliphatic heterocycles. The smallest absolute Gasteiger partial charge is 0.274 e. The Morgan fingerprint density at radius 2 is 1.86 bits per heavy atom. The van der Waals surface area contributed by atoms with Crippen LogP contribution in [-0.4, -0.2) is 34.1 Å². The Morgan fingerprint density at radius 1 is 1.14 bits per heavy atom. The van der Waals surface area contributed by atoms with Crippen molar-refractivity contribution in [1.29, 1.82) is 0 Å². The molecular weight excluding hydrogens is 298 g/mol. The number of carbonyl (C=O) groups is 1. The topological polar surface area (TPSA) is 46.1 Å². The number of aryl methyl sites for hydroxylation is 1. The summed E-state index contributed by atoms with van der Waals surface area (Å²) >= 11 is 5.71. The van der Waals surface area contributed by atoms with E-state index in [1.54, 1.807) is 12.1 Å². The van der Waals surface area contributed by atoms with Crippen molar-refractivity contribution in [3.8, 4) is 0 Å². The first kappa shape index (κ1) is 15.0. The number of benzene rings is 1. The molecule has 0 N–H and O–H groups in total. The van der Waals surface area contributed by atoms with Crippen molar-refractivity contribution < 1.29 is 4.79 Å². The van der Waals surface area contributed by atoms with Gasteiger partial charge in [0.15, 0.2) is 10.8 Å². The number of rotatable bonds is 2. The van der Waals surface area contributed by atoms with E-state index < -0.39 is 0 Å². The second kappa shape index (κ2) is 6.44. The molecule has 0 spiro atoms. The Morgan fingerprint density at radius 3 is 2.50 bits per heavy atom. The average molecular weight is 316 g/mol. The Balaban J connectivity index is 1.65. The normalized spacial score (nSPS) is 15.8. The largest absolute Gasteiger partial charge is 0.337 e. The van der Waals surface area contributed by atoms with Gasteiger partial charge in [0.05, 0.1) is 0 Å². The maximum absolute atomic E-state index is 12.4. The Hall–Kier alpha value is -1.94. The molecule has 4 nitrogen and oxygen atoms in total. The van der Waals surface area contributed by atoms with E-state index >= 15 is 0 Å². The molecule has 1 aliphatic rings. The van der Waals surface area contributed by atoms with Gasteiger partial charge in [-0.25, -0.2) is 0 Å². The van der Waals surface area contributed by atoms with E-state index in [1.165, 1.54) is 11.1 Å². The van der Waals surface area contributed by atoms with E-state index in [0.717, 1.165) is 25.9 Å². The van der Waals surface area contributed by atoms with Crippen LogP contribution in [0.15, 0.2) is 36.4 Å². The fourth-order valence-corrected chi connectivity index (χ4v) is 3.13. The van der Waals surface area contributed by atoms with Gasteiger partial charge < -0.3 is 4.90 Å². The fourth-order valence-electron chi connectivity index (χ4n) is 3.03. The van der Waals surface area contributed by atoms with Crippen LogP contribution in [0.5, 0.6) is 0 Å². The SMILES string of the molecule is Cc1ccccc1C1CCN(C(=O)c2ccc(Cl)nn2)CC1. The molecule has 0 atom stereocenters. The maximum atomic E-state index is 12.4. The van der Waals surface area contributed by atoms with E-state index in [0.29, 0.717) is 16.8 Å². The van der Waals surface area contributed by atoms with Crippen molar-refractivity contribution in [3.05, 3.63) is 58.4 Å². The van der Waals surface area contributed by atoms with Crippen LogP contribution in [0.2, 0.25) is 5.15 Å². The van der Waals surface area contributed by atoms with E-state index in [4.69, 9.17) is 11.6 Å². The third-order valence-electron chi connectivity index (χ3n) is 4.26. The van der Waals surface area contributed by atoms with Crippen LogP contribution in [0.4, 0.5) is 0 Å². The molecule has 0 aliphatic carbocycles. The first-order valence-corrected chi connectivity index (χ1v) is 7.87. The highest BCUT2D eigenvalue weighted by atomic mass is 35.5. The third-order valence-corrected chi connectivity index (χ3v) is 4.46. The van der Waals surface area contributed by atoms with Crippen molar-refractivity contribution in [2.24, 2.45) is 0 Å². The predicted octanol–water partition coefficient (Wildman–Crippen LogP) is 3.46. The van der Waals surface area contributed by atoms with Crippen molar-refractivity contribution in [2.75, 3.05) is 13.1 Å². The molecule has 1 amide bonds. The molecule has 3 rings (SSSR count). The number of halogens is 1. The summed E-state index contributed by atoms with van der Waals surface area (Å²) < 4.78 is 0. The summed E-state index contributed by atoms with van der Waals surface area (Å²) in [6, 6.07) is 11.7. The van der Waals surface area contributed by atoms with E-state index in [1.807, 2.05) is 4.90 Å². The number of amides is 1. The molecule has 22 heavy (non-hydrogen) atoms. The summed E-state index contributed by atoms with van der Waals surface area (Å²) in [5.74, 6) is 0.467. The van der Waals surface area contributed by atoms with Crippen molar-refractivity contribution in [3.63, 3.8) is 0 Å². The first-order valence-electron chi connectivity index (χ1n) is 7.49. The average Bonchev–Trinajstić information content (AvgIpc) is 2.56. The van der Waals surface area contributed by atoms with E-state index in [-0.39, 0.29) is 5.91 Å². The lowest BCUT2D eigenvalue weighted by Crippen LogP contribution is -2.38. The van der Waals surface area contributed by atoms with Crippen LogP contribution < -0.4 is 0 Å². The summed E-state index contributed by atoms with van der Waals surface area (Å²) in [6.07, 6.45) is 1.97. The number of carbonyl (C=O) groups excluding carboxylic acids is 1. The van der Waals surface area contributed by atoms with Gasteiger partial charge in [-0.15, -0.1) is 10.2 Å². The molecule has 0 saturated carbocycles. The zero-order valence-corrected chi connectivity index (χ0v) is 13.3. The third kappa shape index (κ3) is 3.12. The molecule has 0 bridgehead atoms. The zero-order chi connectivity index (χ0) is 15.5. The predicted molar refractivity (Wildman–Crippen MR) is 86.1 cm³/mol.